The molecular formula is C22H29N3O3S. The van der Waals surface area contributed by atoms with Crippen molar-refractivity contribution in [2.75, 3.05) is 17.1 Å². The van der Waals surface area contributed by atoms with Gasteiger partial charge in [0.25, 0.3) is 5.91 Å². The van der Waals surface area contributed by atoms with Crippen molar-refractivity contribution >= 4 is 27.3 Å². The molecule has 0 unspecified atom stereocenters. The van der Waals surface area contributed by atoms with Crippen LogP contribution in [0, 0.1) is 6.92 Å². The Balaban J connectivity index is 2.12. The van der Waals surface area contributed by atoms with Crippen molar-refractivity contribution in [3.8, 4) is 0 Å². The largest absolute Gasteiger partial charge is 0.271 e. The number of carbonyl (C=O) groups is 1. The monoisotopic (exact) mass is 415 g/mol. The number of sulfonamides is 1. The molecule has 1 N–H and O–H groups in total. The number of nitrogens with one attached hydrogen (secondary N) is 1. The Morgan fingerprint density at radius 3 is 2.24 bits per heavy atom. The van der Waals surface area contributed by atoms with Crippen LogP contribution in [0.25, 0.3) is 0 Å². The molecule has 0 saturated heterocycles. The van der Waals surface area contributed by atoms with E-state index in [1.807, 2.05) is 37.3 Å². The zero-order chi connectivity index (χ0) is 21.8. The van der Waals surface area contributed by atoms with E-state index in [9.17, 15) is 13.2 Å². The fourth-order valence-electron chi connectivity index (χ4n) is 2.77. The SMILES string of the molecule is C/C(=N/NC(=O)CN(c1cccc(C)c1)S(C)(=O)=O)c1ccc(C(C)(C)C)cc1. The first kappa shape index (κ1) is 22.6. The molecule has 2 aromatic carbocycles. The average Bonchev–Trinajstić information content (AvgIpc) is 2.62. The number of aryl methyl sites for hydroxylation is 1. The average molecular weight is 416 g/mol. The minimum absolute atomic E-state index is 0.0582. The number of carbonyl (C=O) groups excluding carboxylic acids is 1. The summed E-state index contributed by atoms with van der Waals surface area (Å²) in [6, 6.07) is 15.0. The van der Waals surface area contributed by atoms with E-state index in [1.54, 1.807) is 25.1 Å². The maximum atomic E-state index is 12.4. The van der Waals surface area contributed by atoms with Crippen LogP contribution in [0.15, 0.2) is 53.6 Å². The highest BCUT2D eigenvalue weighted by molar-refractivity contribution is 7.92. The topological polar surface area (TPSA) is 78.8 Å². The lowest BCUT2D eigenvalue weighted by atomic mass is 9.86. The molecule has 7 heteroatoms. The number of hydrogen-bond donors (Lipinski definition) is 1. The molecule has 6 nitrogen and oxygen atoms in total. The van der Waals surface area contributed by atoms with E-state index in [0.29, 0.717) is 11.4 Å². The van der Waals surface area contributed by atoms with Gasteiger partial charge in [-0.15, -0.1) is 0 Å². The van der Waals surface area contributed by atoms with Crippen molar-refractivity contribution < 1.29 is 13.2 Å². The standard InChI is InChI=1S/C22H29N3O3S/c1-16-8-7-9-20(14-16)25(29(6,27)28)15-21(26)24-23-17(2)18-10-12-19(13-11-18)22(3,4)5/h7-14H,15H2,1-6H3,(H,24,26)/b23-17-. The highest BCUT2D eigenvalue weighted by atomic mass is 32.2. The zero-order valence-electron chi connectivity index (χ0n) is 17.9. The Labute approximate surface area is 173 Å². The Kier molecular flexibility index (Phi) is 6.85. The summed E-state index contributed by atoms with van der Waals surface area (Å²) < 4.78 is 25.4. The first-order valence-corrected chi connectivity index (χ1v) is 11.2. The number of rotatable bonds is 6. The van der Waals surface area contributed by atoms with E-state index in [-0.39, 0.29) is 12.0 Å². The first-order valence-electron chi connectivity index (χ1n) is 9.36. The summed E-state index contributed by atoms with van der Waals surface area (Å²) in [6.45, 7) is 9.74. The van der Waals surface area contributed by atoms with Crippen molar-refractivity contribution in [1.82, 2.24) is 5.43 Å². The van der Waals surface area contributed by atoms with Gasteiger partial charge in [-0.2, -0.15) is 5.10 Å². The molecule has 0 radical (unpaired) electrons. The number of hydrazone groups is 1. The van der Waals surface area contributed by atoms with Gasteiger partial charge in [0.05, 0.1) is 17.7 Å². The van der Waals surface area contributed by atoms with Gasteiger partial charge in [0.1, 0.15) is 6.54 Å². The van der Waals surface area contributed by atoms with Crippen LogP contribution < -0.4 is 9.73 Å². The normalized spacial score (nSPS) is 12.6. The van der Waals surface area contributed by atoms with Gasteiger partial charge in [-0.05, 0) is 48.1 Å². The fraction of sp³-hybridized carbons (Fsp3) is 0.364. The molecule has 1 amide bonds. The van der Waals surface area contributed by atoms with Gasteiger partial charge < -0.3 is 0 Å². The predicted octanol–water partition coefficient (Wildman–Crippen LogP) is 3.60. The third kappa shape index (κ3) is 6.42. The minimum Gasteiger partial charge on any atom is -0.271 e. The van der Waals surface area contributed by atoms with E-state index in [2.05, 4.69) is 31.3 Å². The highest BCUT2D eigenvalue weighted by Crippen LogP contribution is 2.22. The van der Waals surface area contributed by atoms with Crippen LogP contribution in [0.2, 0.25) is 0 Å². The smallest absolute Gasteiger partial charge is 0.260 e. The zero-order valence-corrected chi connectivity index (χ0v) is 18.7. The minimum atomic E-state index is -3.62. The van der Waals surface area contributed by atoms with E-state index < -0.39 is 15.9 Å². The Bertz CT molecular complexity index is 1000. The molecule has 0 heterocycles. The molecule has 29 heavy (non-hydrogen) atoms. The molecule has 0 aromatic heterocycles. The Hall–Kier alpha value is -2.67. The molecule has 0 spiro atoms. The number of hydrogen-bond acceptors (Lipinski definition) is 4. The highest BCUT2D eigenvalue weighted by Gasteiger charge is 2.21. The molecule has 0 atom stereocenters. The van der Waals surface area contributed by atoms with Gasteiger partial charge in [0.2, 0.25) is 10.0 Å². The third-order valence-corrected chi connectivity index (χ3v) is 5.63. The third-order valence-electron chi connectivity index (χ3n) is 4.49. The van der Waals surface area contributed by atoms with E-state index in [1.165, 1.54) is 5.56 Å². The molecule has 0 saturated carbocycles. The lowest BCUT2D eigenvalue weighted by Crippen LogP contribution is -2.39. The molecular weight excluding hydrogens is 386 g/mol. The molecule has 156 valence electrons. The molecule has 0 aliphatic heterocycles. The second-order valence-corrected chi connectivity index (χ2v) is 10.1. The fourth-order valence-corrected chi connectivity index (χ4v) is 3.62. The van der Waals surface area contributed by atoms with Crippen LogP contribution in [0.1, 0.15) is 44.4 Å². The van der Waals surface area contributed by atoms with Crippen molar-refractivity contribution in [1.29, 1.82) is 0 Å². The molecule has 2 rings (SSSR count). The summed E-state index contributed by atoms with van der Waals surface area (Å²) >= 11 is 0. The Morgan fingerprint density at radius 2 is 1.72 bits per heavy atom. The molecule has 0 fully saturated rings. The van der Waals surface area contributed by atoms with Gasteiger partial charge in [0.15, 0.2) is 0 Å². The molecule has 2 aromatic rings. The second kappa shape index (κ2) is 8.78. The molecule has 0 bridgehead atoms. The van der Waals surface area contributed by atoms with Crippen molar-refractivity contribution in [2.24, 2.45) is 5.10 Å². The van der Waals surface area contributed by atoms with Gasteiger partial charge in [-0.25, -0.2) is 13.8 Å². The van der Waals surface area contributed by atoms with Crippen LogP contribution >= 0.6 is 0 Å². The summed E-state index contributed by atoms with van der Waals surface area (Å²) in [4.78, 5) is 12.4. The van der Waals surface area contributed by atoms with E-state index >= 15 is 0 Å². The summed E-state index contributed by atoms with van der Waals surface area (Å²) in [6.07, 6.45) is 1.08. The lowest BCUT2D eigenvalue weighted by Gasteiger charge is -2.21. The van der Waals surface area contributed by atoms with E-state index in [4.69, 9.17) is 0 Å². The van der Waals surface area contributed by atoms with Crippen molar-refractivity contribution in [3.05, 3.63) is 65.2 Å². The molecule has 0 aliphatic rings. The van der Waals surface area contributed by atoms with Crippen LogP contribution in [0.3, 0.4) is 0 Å². The number of benzene rings is 2. The number of nitrogens with zero attached hydrogens (tertiary/aromatic N) is 2. The lowest BCUT2D eigenvalue weighted by molar-refractivity contribution is -0.119. The second-order valence-electron chi connectivity index (χ2n) is 8.17. The first-order chi connectivity index (χ1) is 13.4. The van der Waals surface area contributed by atoms with Crippen LogP contribution in [0.5, 0.6) is 0 Å². The van der Waals surface area contributed by atoms with Crippen LogP contribution in [-0.2, 0) is 20.2 Å². The maximum absolute atomic E-state index is 12.4. The molecule has 0 aliphatic carbocycles. The summed E-state index contributed by atoms with van der Waals surface area (Å²) in [5.74, 6) is -0.511. The maximum Gasteiger partial charge on any atom is 0.260 e. The van der Waals surface area contributed by atoms with Gasteiger partial charge in [-0.3, -0.25) is 9.10 Å². The van der Waals surface area contributed by atoms with Gasteiger partial charge in [0, 0.05) is 0 Å². The van der Waals surface area contributed by atoms with Gasteiger partial charge in [-0.1, -0.05) is 57.2 Å². The summed E-state index contributed by atoms with van der Waals surface area (Å²) in [5, 5.41) is 4.13. The number of anilines is 1. The van der Waals surface area contributed by atoms with E-state index in [0.717, 1.165) is 21.7 Å². The Morgan fingerprint density at radius 1 is 1.10 bits per heavy atom. The van der Waals surface area contributed by atoms with Crippen molar-refractivity contribution in [2.45, 2.75) is 40.0 Å². The summed E-state index contributed by atoms with van der Waals surface area (Å²) in [5.41, 5.74) is 6.60. The number of amides is 1. The van der Waals surface area contributed by atoms with Crippen LogP contribution in [0.4, 0.5) is 5.69 Å². The predicted molar refractivity (Wildman–Crippen MR) is 119 cm³/mol. The van der Waals surface area contributed by atoms with Crippen molar-refractivity contribution in [3.63, 3.8) is 0 Å². The van der Waals surface area contributed by atoms with Crippen LogP contribution in [-0.4, -0.2) is 32.8 Å². The quantitative estimate of drug-likeness (QED) is 0.578. The van der Waals surface area contributed by atoms with Gasteiger partial charge >= 0.3 is 0 Å². The summed E-state index contributed by atoms with van der Waals surface area (Å²) in [7, 11) is -3.62.